The first-order valence-corrected chi connectivity index (χ1v) is 13.3. The van der Waals surface area contributed by atoms with Crippen molar-refractivity contribution in [2.24, 2.45) is 4.99 Å². The highest BCUT2D eigenvalue weighted by molar-refractivity contribution is 6.25. The van der Waals surface area contributed by atoms with Gasteiger partial charge in [0.25, 0.3) is 11.8 Å². The molecule has 2 aliphatic rings. The molecule has 0 fully saturated rings. The summed E-state index contributed by atoms with van der Waals surface area (Å²) >= 11 is 0. The van der Waals surface area contributed by atoms with Gasteiger partial charge >= 0.3 is 18.1 Å². The second-order valence-corrected chi connectivity index (χ2v) is 10.7. The van der Waals surface area contributed by atoms with Crippen LogP contribution in [0.4, 0.5) is 39.5 Å². The van der Waals surface area contributed by atoms with E-state index in [-0.39, 0.29) is 51.7 Å². The van der Waals surface area contributed by atoms with Gasteiger partial charge in [-0.15, -0.1) is 0 Å². The lowest BCUT2D eigenvalue weighted by Gasteiger charge is -2.30. The number of hydrogen-bond donors (Lipinski definition) is 1. The number of H-pyrrole nitrogens is 1. The third-order valence-electron chi connectivity index (χ3n) is 7.29. The van der Waals surface area contributed by atoms with Crippen molar-refractivity contribution in [3.05, 3.63) is 104 Å². The monoisotopic (exact) mass is 655 g/mol. The molecule has 1 N–H and O–H groups in total. The van der Waals surface area contributed by atoms with Crippen LogP contribution in [0.1, 0.15) is 35.2 Å². The SMILES string of the molecule is CC(F)(F)CN1C(=O)C2=C(C(c3cccc4[nH]c(=O)oc34)=NC2)C1c1ccc(Oc2cc(C(F)(F)F)cc(C(F)(F)F)c2)cc1F. The van der Waals surface area contributed by atoms with Gasteiger partial charge in [-0.1, -0.05) is 6.07 Å². The molecule has 1 atom stereocenters. The number of aromatic nitrogens is 1. The number of amides is 1. The van der Waals surface area contributed by atoms with Gasteiger partial charge in [-0.25, -0.2) is 18.0 Å². The number of fused-ring (bicyclic) bond motifs is 1. The number of ether oxygens (including phenoxy) is 1. The minimum absolute atomic E-state index is 0.0116. The molecule has 46 heavy (non-hydrogen) atoms. The molecule has 6 rings (SSSR count). The number of alkyl halides is 8. The molecule has 240 valence electrons. The Balaban J connectivity index is 1.42. The van der Waals surface area contributed by atoms with Gasteiger partial charge in [-0.3, -0.25) is 14.8 Å². The molecule has 0 saturated carbocycles. The van der Waals surface area contributed by atoms with E-state index < -0.39 is 71.0 Å². The van der Waals surface area contributed by atoms with Crippen LogP contribution in [0.15, 0.2) is 79.9 Å². The first-order chi connectivity index (χ1) is 21.4. The second-order valence-electron chi connectivity index (χ2n) is 10.7. The van der Waals surface area contributed by atoms with E-state index >= 15 is 4.39 Å². The van der Waals surface area contributed by atoms with E-state index in [1.54, 1.807) is 6.07 Å². The number of aliphatic imine (C=N–C) groups is 1. The summed E-state index contributed by atoms with van der Waals surface area (Å²) in [4.78, 5) is 32.8. The maximum Gasteiger partial charge on any atom is 0.417 e. The molecule has 16 heteroatoms. The molecule has 1 aromatic heterocycles. The minimum Gasteiger partial charge on any atom is -0.457 e. The highest BCUT2D eigenvalue weighted by Crippen LogP contribution is 2.46. The maximum atomic E-state index is 15.8. The Morgan fingerprint density at radius 3 is 2.22 bits per heavy atom. The fourth-order valence-corrected chi connectivity index (χ4v) is 5.49. The first kappa shape index (κ1) is 31.0. The molecule has 4 aromatic rings. The van der Waals surface area contributed by atoms with Crippen LogP contribution in [0.2, 0.25) is 0 Å². The Hall–Kier alpha value is -5.02. The summed E-state index contributed by atoms with van der Waals surface area (Å²) in [5, 5.41) is 0. The molecule has 0 bridgehead atoms. The average molecular weight is 655 g/mol. The van der Waals surface area contributed by atoms with E-state index in [2.05, 4.69) is 9.98 Å². The number of aromatic amines is 1. The summed E-state index contributed by atoms with van der Waals surface area (Å²) in [7, 11) is 0. The van der Waals surface area contributed by atoms with Crippen LogP contribution >= 0.6 is 0 Å². The Labute approximate surface area is 251 Å². The third kappa shape index (κ3) is 5.63. The number of carbonyl (C=O) groups excluding carboxylic acids is 1. The predicted octanol–water partition coefficient (Wildman–Crippen LogP) is 7.43. The van der Waals surface area contributed by atoms with Crippen LogP contribution in [-0.4, -0.2) is 40.5 Å². The zero-order valence-electron chi connectivity index (χ0n) is 23.1. The van der Waals surface area contributed by atoms with Crippen molar-refractivity contribution < 1.29 is 53.5 Å². The summed E-state index contributed by atoms with van der Waals surface area (Å²) < 4.78 is 135. The molecule has 0 radical (unpaired) electrons. The summed E-state index contributed by atoms with van der Waals surface area (Å²) in [5.41, 5.74) is -2.99. The predicted molar refractivity (Wildman–Crippen MR) is 143 cm³/mol. The number of rotatable bonds is 6. The smallest absolute Gasteiger partial charge is 0.417 e. The lowest BCUT2D eigenvalue weighted by atomic mass is 9.91. The van der Waals surface area contributed by atoms with Crippen molar-refractivity contribution in [3.8, 4) is 11.5 Å². The van der Waals surface area contributed by atoms with Gasteiger partial charge in [0.2, 0.25) is 0 Å². The molecular formula is C30H18F9N3O4. The molecule has 1 amide bonds. The molecule has 1 unspecified atom stereocenters. The maximum absolute atomic E-state index is 15.8. The molecule has 0 saturated heterocycles. The quantitative estimate of drug-likeness (QED) is 0.219. The van der Waals surface area contributed by atoms with E-state index in [4.69, 9.17) is 9.15 Å². The summed E-state index contributed by atoms with van der Waals surface area (Å²) in [6, 6.07) is 6.26. The average Bonchev–Trinajstić information content (AvgIpc) is 3.60. The Kier molecular flexibility index (Phi) is 7.09. The zero-order chi connectivity index (χ0) is 33.3. The van der Waals surface area contributed by atoms with Crippen molar-refractivity contribution in [1.29, 1.82) is 0 Å². The number of halogens is 9. The van der Waals surface area contributed by atoms with Gasteiger partial charge in [0.05, 0.1) is 41.5 Å². The van der Waals surface area contributed by atoms with Crippen LogP contribution in [0, 0.1) is 5.82 Å². The molecule has 3 heterocycles. The van der Waals surface area contributed by atoms with Crippen molar-refractivity contribution >= 4 is 22.7 Å². The summed E-state index contributed by atoms with van der Waals surface area (Å²) in [6.07, 6.45) is -10.3. The van der Waals surface area contributed by atoms with E-state index in [9.17, 15) is 44.7 Å². The van der Waals surface area contributed by atoms with Gasteiger partial charge in [-0.05, 0) is 42.5 Å². The van der Waals surface area contributed by atoms with Crippen LogP contribution in [0.3, 0.4) is 0 Å². The van der Waals surface area contributed by atoms with Gasteiger partial charge in [0.1, 0.15) is 17.3 Å². The van der Waals surface area contributed by atoms with E-state index in [1.807, 2.05) is 0 Å². The Morgan fingerprint density at radius 1 is 0.935 bits per heavy atom. The van der Waals surface area contributed by atoms with E-state index in [0.717, 1.165) is 17.0 Å². The van der Waals surface area contributed by atoms with Crippen molar-refractivity contribution in [3.63, 3.8) is 0 Å². The van der Waals surface area contributed by atoms with E-state index in [0.29, 0.717) is 25.1 Å². The molecular weight excluding hydrogens is 637 g/mol. The number of carbonyl (C=O) groups is 1. The number of nitrogens with zero attached hydrogens (tertiary/aromatic N) is 2. The van der Waals surface area contributed by atoms with Gasteiger partial charge in [-0.2, -0.15) is 26.3 Å². The third-order valence-corrected chi connectivity index (χ3v) is 7.29. The topological polar surface area (TPSA) is 87.9 Å². The van der Waals surface area contributed by atoms with Gasteiger partial charge in [0.15, 0.2) is 5.58 Å². The summed E-state index contributed by atoms with van der Waals surface area (Å²) in [5.74, 6) is -7.67. The van der Waals surface area contributed by atoms with Crippen molar-refractivity contribution in [2.75, 3.05) is 13.1 Å². The van der Waals surface area contributed by atoms with Gasteiger partial charge in [0, 0.05) is 35.3 Å². The number of nitrogens with one attached hydrogen (secondary N) is 1. The first-order valence-electron chi connectivity index (χ1n) is 13.3. The van der Waals surface area contributed by atoms with Gasteiger partial charge < -0.3 is 14.1 Å². The van der Waals surface area contributed by atoms with Crippen LogP contribution in [0.5, 0.6) is 11.5 Å². The van der Waals surface area contributed by atoms with Crippen LogP contribution in [-0.2, 0) is 17.1 Å². The highest BCUT2D eigenvalue weighted by atomic mass is 19.4. The molecule has 7 nitrogen and oxygen atoms in total. The molecule has 0 aliphatic carbocycles. The second kappa shape index (κ2) is 10.5. The number of benzene rings is 3. The number of oxazole rings is 1. The molecule has 0 spiro atoms. The lowest BCUT2D eigenvalue weighted by molar-refractivity contribution is -0.143. The minimum atomic E-state index is -5.16. The normalized spacial score (nSPS) is 17.3. The number of hydrogen-bond acceptors (Lipinski definition) is 5. The lowest BCUT2D eigenvalue weighted by Crippen LogP contribution is -2.40. The highest BCUT2D eigenvalue weighted by Gasteiger charge is 2.48. The largest absolute Gasteiger partial charge is 0.457 e. The van der Waals surface area contributed by atoms with Crippen molar-refractivity contribution in [2.45, 2.75) is 31.2 Å². The number of para-hydroxylation sites is 1. The van der Waals surface area contributed by atoms with Crippen LogP contribution < -0.4 is 10.5 Å². The molecule has 3 aromatic carbocycles. The van der Waals surface area contributed by atoms with Crippen LogP contribution in [0.25, 0.3) is 11.1 Å². The summed E-state index contributed by atoms with van der Waals surface area (Å²) in [6.45, 7) is -0.832. The van der Waals surface area contributed by atoms with E-state index in [1.165, 1.54) is 12.1 Å². The Bertz CT molecular complexity index is 1980. The van der Waals surface area contributed by atoms with Crippen molar-refractivity contribution in [1.82, 2.24) is 9.88 Å². The zero-order valence-corrected chi connectivity index (χ0v) is 23.1. The fourth-order valence-electron chi connectivity index (χ4n) is 5.49. The standard InChI is InChI=1S/C30H18F9N3O4/c1-28(32,33)12-42-24(22-19(26(42)43)11-40-23(22)18-3-2-4-21-25(18)46-27(44)41-21)17-6-5-15(10-20(17)31)45-16-8-13(29(34,35)36)7-14(9-16)30(37,38)39/h2-10,24H,11-12H2,1H3,(H,41,44). The Morgan fingerprint density at radius 2 is 1.61 bits per heavy atom. The molecule has 2 aliphatic heterocycles. The fraction of sp³-hybridized carbons (Fsp3) is 0.233.